The van der Waals surface area contributed by atoms with Crippen LogP contribution in [-0.2, 0) is 39.2 Å². The van der Waals surface area contributed by atoms with Crippen molar-refractivity contribution in [2.24, 2.45) is 0 Å². The van der Waals surface area contributed by atoms with E-state index in [1.807, 2.05) is 27.7 Å². The average Bonchev–Trinajstić information content (AvgIpc) is 3.20. The van der Waals surface area contributed by atoms with Crippen molar-refractivity contribution >= 4 is 105 Å². The molecule has 2 unspecified atom stereocenters. The first-order valence-corrected chi connectivity index (χ1v) is 23.7. The van der Waals surface area contributed by atoms with Crippen molar-refractivity contribution in [1.82, 2.24) is 19.9 Å². The Hall–Kier alpha value is -5.10. The maximum Gasteiger partial charge on any atom is 2.00 e. The molecule has 0 fully saturated rings. The molecule has 0 amide bonds. The molecule has 18 nitrogen and oxygen atoms in total. The monoisotopic (exact) mass is 996 g/mol. The second-order valence-corrected chi connectivity index (χ2v) is 19.6. The van der Waals surface area contributed by atoms with Crippen LogP contribution in [0, 0.1) is 11.6 Å². The third-order valence-corrected chi connectivity index (χ3v) is 11.7. The zero-order valence-corrected chi connectivity index (χ0v) is 41.8. The molecule has 2 aromatic heterocycles. The van der Waals surface area contributed by atoms with Crippen molar-refractivity contribution in [2.45, 2.75) is 77.4 Å². The van der Waals surface area contributed by atoms with E-state index in [2.05, 4.69) is 19.9 Å². The smallest absolute Gasteiger partial charge is 0.550 e. The molecule has 0 spiro atoms. The summed E-state index contributed by atoms with van der Waals surface area (Å²) in [5.41, 5.74) is 3.34. The van der Waals surface area contributed by atoms with Gasteiger partial charge in [0.25, 0.3) is 0 Å². The standard InChI is InChI=1S/2C22H26FN3O6S.Ca/c2*1-13(2)20-18(10-9-16(27)11-17(28)12-19(29)30)21(14-5-7-15(23)8-6-14)25-22(24-20)26(3)33(4,31)32;/h2*5-10,13,16,27H,11-12H2,1-4H3,(H,29,30);/q;;+2/p-2/b2*10-9+;. The molecule has 4 rings (SSSR count). The topological polar surface area (TPSA) is 281 Å². The van der Waals surface area contributed by atoms with Gasteiger partial charge in [0, 0.05) is 74.0 Å². The van der Waals surface area contributed by atoms with Gasteiger partial charge in [0.2, 0.25) is 31.9 Å². The fourth-order valence-corrected chi connectivity index (χ4v) is 6.63. The number of carbonyl (C=O) groups is 4. The number of nitrogens with zero attached hydrogens (tertiary/aromatic N) is 6. The summed E-state index contributed by atoms with van der Waals surface area (Å²) in [5, 5.41) is 41.4. The van der Waals surface area contributed by atoms with E-state index in [0.29, 0.717) is 45.0 Å². The van der Waals surface area contributed by atoms with Gasteiger partial charge < -0.3 is 30.0 Å². The second kappa shape index (κ2) is 25.3. The number of aliphatic hydroxyl groups is 2. The molecular weight excluding hydrogens is 947 g/mol. The fraction of sp³-hybridized carbons (Fsp3) is 0.364. The minimum Gasteiger partial charge on any atom is -0.550 e. The van der Waals surface area contributed by atoms with Crippen molar-refractivity contribution in [3.63, 3.8) is 0 Å². The average molecular weight is 997 g/mol. The Labute approximate surface area is 417 Å². The summed E-state index contributed by atoms with van der Waals surface area (Å²) >= 11 is 0. The molecule has 0 radical (unpaired) electrons. The maximum absolute atomic E-state index is 13.5. The van der Waals surface area contributed by atoms with Crippen molar-refractivity contribution in [1.29, 1.82) is 0 Å². The minimum atomic E-state index is -3.67. The molecule has 0 aliphatic rings. The number of sulfonamides is 2. The minimum absolute atomic E-state index is 0. The van der Waals surface area contributed by atoms with Crippen LogP contribution in [0.25, 0.3) is 34.7 Å². The summed E-state index contributed by atoms with van der Waals surface area (Å²) in [6.07, 6.45) is 2.55. The number of rotatable bonds is 20. The number of benzene rings is 2. The van der Waals surface area contributed by atoms with Crippen LogP contribution in [0.15, 0.2) is 60.7 Å². The van der Waals surface area contributed by atoms with Crippen LogP contribution >= 0.6 is 0 Å². The first kappa shape index (κ1) is 58.0. The van der Waals surface area contributed by atoms with E-state index in [1.165, 1.54) is 86.9 Å². The van der Waals surface area contributed by atoms with E-state index in [0.717, 1.165) is 21.1 Å². The van der Waals surface area contributed by atoms with E-state index < -0.39 is 93.1 Å². The Balaban J connectivity index is 0.000000453. The predicted octanol–water partition coefficient (Wildman–Crippen LogP) is 2.17. The SMILES string of the molecule is CC(C)c1nc(N(C)S(C)(=O)=O)nc(-c2ccc(F)cc2)c1/C=C/C(O)CC(=O)CC(=O)[O-].CC(C)c1nc(N(C)S(C)(=O)=O)nc(-c2ccc(F)cc2)c1/C=C/C(O)CC(=O)CC(=O)[O-].[Ca+2]. The van der Waals surface area contributed by atoms with E-state index in [-0.39, 0.29) is 61.5 Å². The van der Waals surface area contributed by atoms with Crippen molar-refractivity contribution in [2.75, 3.05) is 35.2 Å². The molecule has 2 N–H and O–H groups in total. The van der Waals surface area contributed by atoms with Gasteiger partial charge in [0.15, 0.2) is 0 Å². The van der Waals surface area contributed by atoms with Gasteiger partial charge in [-0.2, -0.15) is 0 Å². The number of halogens is 2. The van der Waals surface area contributed by atoms with Crippen molar-refractivity contribution in [3.05, 3.63) is 94.8 Å². The number of carboxylic acids is 2. The van der Waals surface area contributed by atoms with Gasteiger partial charge in [0.05, 0.1) is 47.5 Å². The van der Waals surface area contributed by atoms with E-state index >= 15 is 0 Å². The second-order valence-electron chi connectivity index (χ2n) is 15.6. The summed E-state index contributed by atoms with van der Waals surface area (Å²) in [7, 11) is -4.71. The molecule has 2 aromatic carbocycles. The number of hydrogen-bond acceptors (Lipinski definition) is 16. The van der Waals surface area contributed by atoms with Crippen LogP contribution < -0.4 is 18.8 Å². The Bertz CT molecular complexity index is 2520. The van der Waals surface area contributed by atoms with Crippen LogP contribution in [0.4, 0.5) is 20.7 Å². The first-order valence-electron chi connectivity index (χ1n) is 20.0. The molecule has 67 heavy (non-hydrogen) atoms. The van der Waals surface area contributed by atoms with Crippen LogP contribution in [-0.4, -0.2) is 147 Å². The summed E-state index contributed by atoms with van der Waals surface area (Å²) < 4.78 is 77.1. The number of aromatic nitrogens is 4. The molecule has 0 bridgehead atoms. The number of Topliss-reactive ketones (excluding diaryl/α,β-unsaturated/α-hetero) is 2. The van der Waals surface area contributed by atoms with E-state index in [9.17, 15) is 65.2 Å². The van der Waals surface area contributed by atoms with Gasteiger partial charge >= 0.3 is 37.7 Å². The fourth-order valence-electron chi connectivity index (χ4n) is 5.88. The van der Waals surface area contributed by atoms with Crippen LogP contribution in [0.2, 0.25) is 0 Å². The van der Waals surface area contributed by atoms with Crippen molar-refractivity contribution < 1.29 is 65.2 Å². The number of carboxylic acid groups (broad SMARTS) is 2. The molecule has 2 atom stereocenters. The summed E-state index contributed by atoms with van der Waals surface area (Å²) in [5.74, 6) is -5.95. The Morgan fingerprint density at radius 1 is 0.612 bits per heavy atom. The van der Waals surface area contributed by atoms with Gasteiger partial charge in [-0.1, -0.05) is 52.0 Å². The van der Waals surface area contributed by atoms with Crippen molar-refractivity contribution in [3.8, 4) is 22.5 Å². The van der Waals surface area contributed by atoms with E-state index in [4.69, 9.17) is 0 Å². The first-order chi connectivity index (χ1) is 30.6. The number of hydrogen-bond donors (Lipinski definition) is 2. The molecule has 0 aliphatic heterocycles. The number of anilines is 2. The zero-order chi connectivity index (χ0) is 49.8. The number of carbonyl (C=O) groups excluding carboxylic acids is 4. The Morgan fingerprint density at radius 3 is 1.16 bits per heavy atom. The molecule has 4 aromatic rings. The molecular formula is C44H50CaF2N6O12S2. The van der Waals surface area contributed by atoms with Gasteiger partial charge in [0.1, 0.15) is 23.2 Å². The summed E-state index contributed by atoms with van der Waals surface area (Å²) in [6.45, 7) is 7.33. The van der Waals surface area contributed by atoms with Crippen LogP contribution in [0.1, 0.15) is 87.7 Å². The number of aliphatic hydroxyl groups excluding tert-OH is 2. The normalized spacial score (nSPS) is 12.6. The number of aliphatic carboxylic acids is 2. The van der Waals surface area contributed by atoms with Gasteiger partial charge in [-0.25, -0.2) is 54.2 Å². The van der Waals surface area contributed by atoms with Crippen LogP contribution in [0.3, 0.4) is 0 Å². The summed E-state index contributed by atoms with van der Waals surface area (Å²) in [4.78, 5) is 62.0. The zero-order valence-electron chi connectivity index (χ0n) is 38.0. The Morgan fingerprint density at radius 2 is 0.910 bits per heavy atom. The Kier molecular flexibility index (Phi) is 21.9. The molecule has 23 heteroatoms. The number of ketones is 2. The van der Waals surface area contributed by atoms with Gasteiger partial charge in [-0.05, 0) is 60.4 Å². The van der Waals surface area contributed by atoms with Gasteiger partial charge in [-0.3, -0.25) is 9.59 Å². The third-order valence-electron chi connectivity index (χ3n) is 9.34. The van der Waals surface area contributed by atoms with Crippen LogP contribution in [0.5, 0.6) is 0 Å². The largest absolute Gasteiger partial charge is 2.00 e. The molecule has 0 saturated heterocycles. The third kappa shape index (κ3) is 17.8. The molecule has 0 saturated carbocycles. The molecule has 2 heterocycles. The summed E-state index contributed by atoms with van der Waals surface area (Å²) in [6, 6.07) is 10.8. The molecule has 0 aliphatic carbocycles. The van der Waals surface area contributed by atoms with Gasteiger partial charge in [-0.15, -0.1) is 0 Å². The van der Waals surface area contributed by atoms with E-state index in [1.54, 1.807) is 0 Å². The maximum atomic E-state index is 13.5. The predicted molar refractivity (Wildman–Crippen MR) is 244 cm³/mol. The quantitative estimate of drug-likeness (QED) is 0.0948. The molecule has 356 valence electrons.